The van der Waals surface area contributed by atoms with Gasteiger partial charge in [0.1, 0.15) is 5.84 Å². The van der Waals surface area contributed by atoms with Gasteiger partial charge in [0.05, 0.1) is 30.1 Å². The van der Waals surface area contributed by atoms with E-state index >= 15 is 0 Å². The molecule has 6 nitrogen and oxygen atoms in total. The van der Waals surface area contributed by atoms with Gasteiger partial charge in [0.25, 0.3) is 0 Å². The van der Waals surface area contributed by atoms with Crippen LogP contribution >= 0.6 is 0 Å². The first-order valence-corrected chi connectivity index (χ1v) is 9.58. The first kappa shape index (κ1) is 16.6. The normalized spacial score (nSPS) is 26.2. The molecule has 2 aromatic heterocycles. The SMILES string of the molecule is CC1=CC(Nc2cc(C)nc(-c3ccc(C4CC5CC(N5)N4)nc3)c2)=NC1. The second kappa shape index (κ2) is 6.55. The molecule has 0 amide bonds. The lowest BCUT2D eigenvalue weighted by molar-refractivity contribution is 0.121. The standard InChI is InChI=1S/C21H24N6/c1-12-5-20(23-10-12)25-15-6-13(2)24-18(7-15)14-3-4-17(22-11-14)19-8-16-9-21(26-16)27-19/h3-7,11,16,19,21,26-27H,8-10H2,1-2H3,(H,23,24,25). The van der Waals surface area contributed by atoms with Crippen LogP contribution in [-0.2, 0) is 0 Å². The van der Waals surface area contributed by atoms with Crippen LogP contribution in [0, 0.1) is 6.92 Å². The van der Waals surface area contributed by atoms with E-state index in [4.69, 9.17) is 9.97 Å². The first-order chi connectivity index (χ1) is 13.1. The van der Waals surface area contributed by atoms with E-state index in [2.05, 4.69) is 52.1 Å². The van der Waals surface area contributed by atoms with Crippen LogP contribution in [-0.4, -0.2) is 34.6 Å². The summed E-state index contributed by atoms with van der Waals surface area (Å²) in [7, 11) is 0. The molecule has 3 atom stereocenters. The minimum absolute atomic E-state index is 0.349. The van der Waals surface area contributed by atoms with Crippen molar-refractivity contribution in [2.75, 3.05) is 11.9 Å². The number of anilines is 1. The molecule has 0 aromatic carbocycles. The molecule has 6 heterocycles. The van der Waals surface area contributed by atoms with Gasteiger partial charge in [-0.3, -0.25) is 25.6 Å². The summed E-state index contributed by atoms with van der Waals surface area (Å²) >= 11 is 0. The number of pyridine rings is 2. The van der Waals surface area contributed by atoms with Gasteiger partial charge in [0.15, 0.2) is 0 Å². The molecule has 3 unspecified atom stereocenters. The van der Waals surface area contributed by atoms with E-state index in [-0.39, 0.29) is 0 Å². The van der Waals surface area contributed by atoms with Crippen molar-refractivity contribution in [1.29, 1.82) is 0 Å². The van der Waals surface area contributed by atoms with Crippen molar-refractivity contribution in [1.82, 2.24) is 20.6 Å². The number of fused-ring (bicyclic) bond motifs is 2. The molecule has 3 N–H and O–H groups in total. The van der Waals surface area contributed by atoms with Gasteiger partial charge >= 0.3 is 0 Å². The summed E-state index contributed by atoms with van der Waals surface area (Å²) in [5, 5.41) is 10.5. The third kappa shape index (κ3) is 3.38. The Morgan fingerprint density at radius 1 is 1.11 bits per heavy atom. The Morgan fingerprint density at radius 3 is 2.67 bits per heavy atom. The van der Waals surface area contributed by atoms with Crippen molar-refractivity contribution in [2.24, 2.45) is 4.99 Å². The first-order valence-electron chi connectivity index (χ1n) is 9.58. The molecule has 4 aliphatic heterocycles. The Morgan fingerprint density at radius 2 is 2.00 bits per heavy atom. The van der Waals surface area contributed by atoms with Gasteiger partial charge in [-0.15, -0.1) is 0 Å². The lowest BCUT2D eigenvalue weighted by Crippen LogP contribution is -2.65. The van der Waals surface area contributed by atoms with Crippen molar-refractivity contribution in [3.05, 3.63) is 53.5 Å². The van der Waals surface area contributed by atoms with Crippen LogP contribution in [0.5, 0.6) is 0 Å². The zero-order chi connectivity index (χ0) is 18.4. The van der Waals surface area contributed by atoms with Crippen molar-refractivity contribution in [3.8, 4) is 11.3 Å². The van der Waals surface area contributed by atoms with E-state index < -0.39 is 0 Å². The fourth-order valence-electron chi connectivity index (χ4n) is 4.04. The highest BCUT2D eigenvalue weighted by molar-refractivity contribution is 6.05. The minimum atomic E-state index is 0.349. The van der Waals surface area contributed by atoms with E-state index in [1.54, 1.807) is 0 Å². The maximum atomic E-state index is 4.72. The number of nitrogens with zero attached hydrogens (tertiary/aromatic N) is 3. The maximum Gasteiger partial charge on any atom is 0.125 e. The summed E-state index contributed by atoms with van der Waals surface area (Å²) < 4.78 is 0. The molecule has 6 rings (SSSR count). The average Bonchev–Trinajstić information content (AvgIpc) is 3.05. The Kier molecular flexibility index (Phi) is 4.02. The van der Waals surface area contributed by atoms with Crippen molar-refractivity contribution in [3.63, 3.8) is 0 Å². The Bertz CT molecular complexity index is 914. The number of hydrogen-bond acceptors (Lipinski definition) is 6. The molecule has 27 heavy (non-hydrogen) atoms. The molecule has 0 saturated carbocycles. The van der Waals surface area contributed by atoms with Gasteiger partial charge in [-0.1, -0.05) is 0 Å². The number of aromatic nitrogens is 2. The van der Waals surface area contributed by atoms with Crippen LogP contribution in [0.25, 0.3) is 11.3 Å². The minimum Gasteiger partial charge on any atom is -0.340 e. The van der Waals surface area contributed by atoms with Gasteiger partial charge in [-0.25, -0.2) is 0 Å². The Hall–Kier alpha value is -2.57. The molecule has 2 bridgehead atoms. The molecule has 6 heteroatoms. The number of nitrogens with one attached hydrogen (secondary N) is 3. The summed E-state index contributed by atoms with van der Waals surface area (Å²) in [4.78, 5) is 13.9. The molecule has 4 aliphatic rings. The molecule has 2 aromatic rings. The molecular weight excluding hydrogens is 336 g/mol. The fourth-order valence-corrected chi connectivity index (χ4v) is 4.04. The Labute approximate surface area is 159 Å². The molecule has 0 spiro atoms. The van der Waals surface area contributed by atoms with E-state index in [0.717, 1.165) is 47.1 Å². The van der Waals surface area contributed by atoms with Crippen LogP contribution in [0.4, 0.5) is 5.69 Å². The zero-order valence-electron chi connectivity index (χ0n) is 15.7. The number of amidine groups is 1. The third-order valence-corrected chi connectivity index (χ3v) is 5.43. The summed E-state index contributed by atoms with van der Waals surface area (Å²) in [6.07, 6.45) is 6.82. The monoisotopic (exact) mass is 360 g/mol. The predicted molar refractivity (Wildman–Crippen MR) is 108 cm³/mol. The molecule has 0 radical (unpaired) electrons. The zero-order valence-corrected chi connectivity index (χ0v) is 15.7. The number of rotatable bonds is 3. The van der Waals surface area contributed by atoms with E-state index in [1.807, 2.05) is 19.2 Å². The van der Waals surface area contributed by atoms with Gasteiger partial charge in [-0.2, -0.15) is 0 Å². The summed E-state index contributed by atoms with van der Waals surface area (Å²) in [6, 6.07) is 9.35. The van der Waals surface area contributed by atoms with E-state index in [1.165, 1.54) is 12.0 Å². The van der Waals surface area contributed by atoms with Crippen LogP contribution in [0.1, 0.15) is 37.2 Å². The van der Waals surface area contributed by atoms with Crippen LogP contribution < -0.4 is 16.0 Å². The molecule has 3 saturated heterocycles. The number of piperidine rings is 1. The maximum absolute atomic E-state index is 4.72. The number of aliphatic imine (C=N–C) groups is 1. The molecule has 138 valence electrons. The molecule has 3 fully saturated rings. The third-order valence-electron chi connectivity index (χ3n) is 5.43. The molecule has 0 aliphatic carbocycles. The highest BCUT2D eigenvalue weighted by atomic mass is 15.2. The van der Waals surface area contributed by atoms with E-state index in [0.29, 0.717) is 18.2 Å². The lowest BCUT2D eigenvalue weighted by Gasteiger charge is -2.47. The van der Waals surface area contributed by atoms with Crippen LogP contribution in [0.2, 0.25) is 0 Å². The Balaban J connectivity index is 1.36. The van der Waals surface area contributed by atoms with Crippen molar-refractivity contribution >= 4 is 11.5 Å². The van der Waals surface area contributed by atoms with Crippen LogP contribution in [0.3, 0.4) is 0 Å². The molecular formula is C21H24N6. The van der Waals surface area contributed by atoms with Gasteiger partial charge < -0.3 is 5.32 Å². The second-order valence-corrected chi connectivity index (χ2v) is 7.78. The second-order valence-electron chi connectivity index (χ2n) is 7.78. The summed E-state index contributed by atoms with van der Waals surface area (Å²) in [5.41, 5.74) is 6.32. The number of aryl methyl sites for hydroxylation is 1. The quantitative estimate of drug-likeness (QED) is 0.785. The van der Waals surface area contributed by atoms with Crippen molar-refractivity contribution in [2.45, 2.75) is 44.9 Å². The average molecular weight is 360 g/mol. The summed E-state index contributed by atoms with van der Waals surface area (Å²) in [6.45, 7) is 4.88. The van der Waals surface area contributed by atoms with E-state index in [9.17, 15) is 0 Å². The van der Waals surface area contributed by atoms with Gasteiger partial charge in [-0.05, 0) is 62.6 Å². The summed E-state index contributed by atoms with van der Waals surface area (Å²) in [5.74, 6) is 0.910. The topological polar surface area (TPSA) is 74.2 Å². The smallest absolute Gasteiger partial charge is 0.125 e. The lowest BCUT2D eigenvalue weighted by atomic mass is 9.88. The van der Waals surface area contributed by atoms with Crippen LogP contribution in [0.15, 0.2) is 47.1 Å². The predicted octanol–water partition coefficient (Wildman–Crippen LogP) is 2.94. The highest BCUT2D eigenvalue weighted by Crippen LogP contribution is 2.31. The largest absolute Gasteiger partial charge is 0.340 e. The van der Waals surface area contributed by atoms with Gasteiger partial charge in [0, 0.05) is 29.2 Å². The van der Waals surface area contributed by atoms with Crippen molar-refractivity contribution < 1.29 is 0 Å². The number of hydrogen-bond donors (Lipinski definition) is 3. The fraction of sp³-hybridized carbons (Fsp3) is 0.381. The van der Waals surface area contributed by atoms with Gasteiger partial charge in [0.2, 0.25) is 0 Å². The highest BCUT2D eigenvalue weighted by Gasteiger charge is 2.37.